The van der Waals surface area contributed by atoms with Crippen LogP contribution in [0, 0.1) is 29.6 Å². The second-order valence-corrected chi connectivity index (χ2v) is 15.7. The summed E-state index contributed by atoms with van der Waals surface area (Å²) in [6.07, 6.45) is 1.80. The number of aliphatic hydroxyl groups excluding tert-OH is 1. The van der Waals surface area contributed by atoms with Crippen LogP contribution in [-0.4, -0.2) is 120 Å². The van der Waals surface area contributed by atoms with Gasteiger partial charge in [-0.05, 0) is 42.4 Å². The summed E-state index contributed by atoms with van der Waals surface area (Å²) in [6, 6.07) is -6.98. The van der Waals surface area contributed by atoms with Gasteiger partial charge in [-0.2, -0.15) is 0 Å². The van der Waals surface area contributed by atoms with E-state index in [-0.39, 0.29) is 30.6 Å². The first kappa shape index (κ1) is 48.7. The fraction of sp³-hybridized carbons (Fsp3) is 0.789. The van der Waals surface area contributed by atoms with Gasteiger partial charge in [0.25, 0.3) is 0 Å². The van der Waals surface area contributed by atoms with E-state index in [1.807, 2.05) is 48.5 Å². The van der Waals surface area contributed by atoms with Crippen LogP contribution in [0.4, 0.5) is 0 Å². The molecule has 17 heteroatoms. The fourth-order valence-corrected chi connectivity index (χ4v) is 6.01. The van der Waals surface area contributed by atoms with Crippen molar-refractivity contribution in [2.24, 2.45) is 29.6 Å². The monoisotopic (exact) mass is 781 g/mol. The molecule has 0 aromatic rings. The average molecular weight is 781 g/mol. The van der Waals surface area contributed by atoms with Crippen molar-refractivity contribution >= 4 is 47.3 Å². The maximum absolute atomic E-state index is 13.9. The number of likely N-dealkylation sites (N-methyl/N-ethyl adjacent to an activating group) is 1. The summed E-state index contributed by atoms with van der Waals surface area (Å²) >= 11 is 0. The quantitative estimate of drug-likeness (QED) is 0.137. The van der Waals surface area contributed by atoms with Crippen molar-refractivity contribution in [3.8, 4) is 0 Å². The maximum Gasteiger partial charge on any atom is 0.245 e. The van der Waals surface area contributed by atoms with Gasteiger partial charge in [0.05, 0.1) is 19.7 Å². The molecule has 1 aliphatic heterocycles. The molecule has 0 aromatic heterocycles. The number of hydrogen-bond donors (Lipinski definition) is 8. The first-order valence-electron chi connectivity index (χ1n) is 19.6. The smallest absolute Gasteiger partial charge is 0.245 e. The van der Waals surface area contributed by atoms with E-state index in [2.05, 4.69) is 37.2 Å². The van der Waals surface area contributed by atoms with Gasteiger partial charge in [-0.15, -0.1) is 0 Å². The van der Waals surface area contributed by atoms with Crippen molar-refractivity contribution in [3.63, 3.8) is 0 Å². The van der Waals surface area contributed by atoms with Crippen molar-refractivity contribution in [2.45, 2.75) is 138 Å². The van der Waals surface area contributed by atoms with Crippen molar-refractivity contribution < 1.29 is 43.5 Å². The van der Waals surface area contributed by atoms with Crippen LogP contribution in [0.1, 0.15) is 101 Å². The van der Waals surface area contributed by atoms with Crippen LogP contribution in [0.15, 0.2) is 0 Å². The molecule has 1 heterocycles. The molecule has 314 valence electrons. The van der Waals surface area contributed by atoms with Crippen LogP contribution in [0.3, 0.4) is 0 Å². The Balaban J connectivity index is 3.71. The highest BCUT2D eigenvalue weighted by atomic mass is 16.3. The molecule has 8 N–H and O–H groups in total. The number of hydrogen-bond acceptors (Lipinski definition) is 9. The van der Waals surface area contributed by atoms with Crippen LogP contribution in [0.5, 0.6) is 0 Å². The third-order valence-corrected chi connectivity index (χ3v) is 10.3. The summed E-state index contributed by atoms with van der Waals surface area (Å²) in [5.41, 5.74) is 0. The highest BCUT2D eigenvalue weighted by molar-refractivity contribution is 5.98. The molecular weight excluding hydrogens is 712 g/mol. The molecule has 0 bridgehead atoms. The number of carbonyl (C=O) groups is 8. The summed E-state index contributed by atoms with van der Waals surface area (Å²) in [5, 5.41) is 28.8. The van der Waals surface area contributed by atoms with Crippen LogP contribution in [0.25, 0.3) is 0 Å². The molecule has 9 atom stereocenters. The third-order valence-electron chi connectivity index (χ3n) is 10.3. The normalized spacial score (nSPS) is 26.8. The Morgan fingerprint density at radius 1 is 0.545 bits per heavy atom. The number of amides is 8. The van der Waals surface area contributed by atoms with E-state index < -0.39 is 115 Å². The summed E-state index contributed by atoms with van der Waals surface area (Å²) in [7, 11) is 1.27. The van der Waals surface area contributed by atoms with Crippen LogP contribution in [0.2, 0.25) is 0 Å². The van der Waals surface area contributed by atoms with Gasteiger partial charge < -0.3 is 47.2 Å². The zero-order valence-electron chi connectivity index (χ0n) is 34.7. The molecule has 8 amide bonds. The SMILES string of the molecule is CC[C@H](C)[C@@H]1NC(=O)CNC(=O)[C@H](CC(C)C)NC(=O)[C@H]([C@@H](C)CC)NC(=O)[C@H]([C@@H](C)CC)NC(=O)[C@H](CO)N(C)C(=O)CNC(=O)[C@H](CC(C)C)NC1=O. The Hall–Kier alpha value is -4.28. The molecule has 1 saturated heterocycles. The van der Waals surface area contributed by atoms with Crippen molar-refractivity contribution in [2.75, 3.05) is 26.7 Å². The van der Waals surface area contributed by atoms with Gasteiger partial charge in [0.15, 0.2) is 0 Å². The molecule has 1 rings (SSSR count). The van der Waals surface area contributed by atoms with E-state index in [1.54, 1.807) is 20.8 Å². The molecule has 0 spiro atoms. The van der Waals surface area contributed by atoms with Crippen molar-refractivity contribution in [1.82, 2.24) is 42.1 Å². The molecule has 1 fully saturated rings. The van der Waals surface area contributed by atoms with Gasteiger partial charge >= 0.3 is 0 Å². The lowest BCUT2D eigenvalue weighted by atomic mass is 9.94. The Kier molecular flexibility index (Phi) is 20.9. The first-order chi connectivity index (χ1) is 25.7. The van der Waals surface area contributed by atoms with Gasteiger partial charge in [0, 0.05) is 7.05 Å². The molecule has 0 unspecified atom stereocenters. The molecule has 0 radical (unpaired) electrons. The Morgan fingerprint density at radius 2 is 0.909 bits per heavy atom. The highest BCUT2D eigenvalue weighted by Gasteiger charge is 2.37. The van der Waals surface area contributed by atoms with Gasteiger partial charge in [0.2, 0.25) is 47.3 Å². The summed E-state index contributed by atoms with van der Waals surface area (Å²) in [5.74, 6) is -6.84. The molecule has 17 nitrogen and oxygen atoms in total. The van der Waals surface area contributed by atoms with E-state index in [9.17, 15) is 43.5 Å². The minimum Gasteiger partial charge on any atom is -0.394 e. The summed E-state index contributed by atoms with van der Waals surface area (Å²) in [6.45, 7) is 16.2. The van der Waals surface area contributed by atoms with E-state index in [0.29, 0.717) is 19.3 Å². The van der Waals surface area contributed by atoms with Gasteiger partial charge in [0.1, 0.15) is 36.3 Å². The van der Waals surface area contributed by atoms with Gasteiger partial charge in [-0.1, -0.05) is 88.5 Å². The maximum atomic E-state index is 13.9. The predicted molar refractivity (Wildman–Crippen MR) is 207 cm³/mol. The predicted octanol–water partition coefficient (Wildman–Crippen LogP) is -0.294. The van der Waals surface area contributed by atoms with Crippen LogP contribution in [-0.2, 0) is 38.4 Å². The minimum atomic E-state index is -1.44. The second-order valence-electron chi connectivity index (χ2n) is 15.7. The van der Waals surface area contributed by atoms with Gasteiger partial charge in [-0.3, -0.25) is 38.4 Å². The molecule has 55 heavy (non-hydrogen) atoms. The lowest BCUT2D eigenvalue weighted by Crippen LogP contribution is -2.62. The molecule has 0 aliphatic carbocycles. The zero-order valence-corrected chi connectivity index (χ0v) is 34.7. The lowest BCUT2D eigenvalue weighted by molar-refractivity contribution is -0.142. The topological polar surface area (TPSA) is 244 Å². The minimum absolute atomic E-state index is 0.0581. The highest BCUT2D eigenvalue weighted by Crippen LogP contribution is 2.15. The number of aliphatic hydroxyl groups is 1. The van der Waals surface area contributed by atoms with E-state index in [4.69, 9.17) is 0 Å². The first-order valence-corrected chi connectivity index (χ1v) is 19.6. The van der Waals surface area contributed by atoms with E-state index >= 15 is 0 Å². The standard InChI is InChI=1S/C38H68N8O9/c1-12-22(8)30-36(53)41-26(16-21(6)7)34(51)40-18-29(49)46(11)27(19-47)35(52)44-32(24(10)14-3)38(55)45-31(23(9)13-2)37(54)42-25(15-20(4)5)33(50)39-17-28(48)43-30/h20-27,30-32,47H,12-19H2,1-11H3,(H,39,50)(H,40,51)(H,41,53)(H,42,54)(H,43,48)(H,44,52)(H,45,55)/t22-,23-,24-,25-,26-,27-,30-,31-,32-/m0/s1. The number of carbonyl (C=O) groups excluding carboxylic acids is 8. The fourth-order valence-electron chi connectivity index (χ4n) is 6.01. The second kappa shape index (κ2) is 23.6. The molecule has 0 saturated carbocycles. The van der Waals surface area contributed by atoms with E-state index in [0.717, 1.165) is 4.90 Å². The molecule has 1 aliphatic rings. The number of nitrogens with zero attached hydrogens (tertiary/aromatic N) is 1. The van der Waals surface area contributed by atoms with Crippen molar-refractivity contribution in [1.29, 1.82) is 0 Å². The van der Waals surface area contributed by atoms with Gasteiger partial charge in [-0.25, -0.2) is 0 Å². The Bertz CT molecular complexity index is 1340. The summed E-state index contributed by atoms with van der Waals surface area (Å²) in [4.78, 5) is 109. The Labute approximate surface area is 326 Å². The third kappa shape index (κ3) is 15.4. The number of rotatable bonds is 11. The molecule has 0 aromatic carbocycles. The lowest BCUT2D eigenvalue weighted by Gasteiger charge is -2.32. The van der Waals surface area contributed by atoms with Crippen LogP contribution < -0.4 is 37.2 Å². The van der Waals surface area contributed by atoms with Crippen LogP contribution >= 0.6 is 0 Å². The largest absolute Gasteiger partial charge is 0.394 e. The zero-order chi connectivity index (χ0) is 42.2. The average Bonchev–Trinajstić information content (AvgIpc) is 3.13. The summed E-state index contributed by atoms with van der Waals surface area (Å²) < 4.78 is 0. The van der Waals surface area contributed by atoms with E-state index in [1.165, 1.54) is 7.05 Å². The van der Waals surface area contributed by atoms with Crippen molar-refractivity contribution in [3.05, 3.63) is 0 Å². The Morgan fingerprint density at radius 3 is 1.29 bits per heavy atom. The molecular formula is C38H68N8O9. The number of nitrogens with one attached hydrogen (secondary N) is 7.